The number of rotatable bonds is 4. The zero-order valence-electron chi connectivity index (χ0n) is 22.7. The second-order valence-electron chi connectivity index (χ2n) is 12.2. The van der Waals surface area contributed by atoms with Crippen LogP contribution in [0, 0.1) is 28.6 Å². The van der Waals surface area contributed by atoms with E-state index in [4.69, 9.17) is 4.74 Å². The molecule has 1 aromatic carbocycles. The molecule has 0 bridgehead atoms. The lowest BCUT2D eigenvalue weighted by Crippen LogP contribution is -2.52. The van der Waals surface area contributed by atoms with Gasteiger partial charge in [0, 0.05) is 55.8 Å². The van der Waals surface area contributed by atoms with Crippen molar-refractivity contribution in [2.75, 3.05) is 31.1 Å². The van der Waals surface area contributed by atoms with Gasteiger partial charge in [-0.25, -0.2) is 13.6 Å². The molecule has 3 heterocycles. The number of ether oxygens (including phenoxy) is 1. The van der Waals surface area contributed by atoms with Crippen molar-refractivity contribution < 1.29 is 23.1 Å². The maximum atomic E-state index is 14.9. The Labute approximate surface area is 226 Å². The van der Waals surface area contributed by atoms with Gasteiger partial charge >= 0.3 is 6.09 Å². The molecule has 1 N–H and O–H groups in total. The highest BCUT2D eigenvalue weighted by atomic mass is 19.3. The monoisotopic (exact) mass is 540 g/mol. The molecule has 3 unspecified atom stereocenters. The predicted octanol–water partition coefficient (Wildman–Crippen LogP) is 4.11. The van der Waals surface area contributed by atoms with Crippen LogP contribution in [0.1, 0.15) is 52.5 Å². The van der Waals surface area contributed by atoms with Crippen molar-refractivity contribution in [2.24, 2.45) is 17.3 Å². The van der Waals surface area contributed by atoms with Crippen molar-refractivity contribution in [1.29, 1.82) is 5.26 Å². The van der Waals surface area contributed by atoms with Crippen LogP contribution in [0.2, 0.25) is 0 Å². The van der Waals surface area contributed by atoms with E-state index in [9.17, 15) is 23.6 Å². The number of amides is 2. The lowest BCUT2D eigenvalue weighted by molar-refractivity contribution is -0.135. The summed E-state index contributed by atoms with van der Waals surface area (Å²) in [5.74, 6) is -4.42. The van der Waals surface area contributed by atoms with Crippen molar-refractivity contribution >= 4 is 28.7 Å². The molecule has 4 atom stereocenters. The van der Waals surface area contributed by atoms with Crippen LogP contribution < -0.4 is 10.2 Å². The number of piperidine rings is 1. The lowest BCUT2D eigenvalue weighted by atomic mass is 9.89. The largest absolute Gasteiger partial charge is 0.444 e. The molecule has 2 aromatic rings. The van der Waals surface area contributed by atoms with Gasteiger partial charge in [0.05, 0.1) is 17.8 Å². The molecule has 2 amide bonds. The van der Waals surface area contributed by atoms with Crippen LogP contribution in [-0.4, -0.2) is 70.6 Å². The summed E-state index contributed by atoms with van der Waals surface area (Å²) in [6, 6.07) is 5.72. The summed E-state index contributed by atoms with van der Waals surface area (Å²) in [5.41, 5.74) is 1.69. The number of likely N-dealkylation sites (tertiary alicyclic amines) is 1. The van der Waals surface area contributed by atoms with Crippen molar-refractivity contribution in [1.82, 2.24) is 20.2 Å². The van der Waals surface area contributed by atoms with Crippen LogP contribution in [0.25, 0.3) is 11.0 Å². The fraction of sp³-hybridized carbons (Fsp3) is 0.607. The van der Waals surface area contributed by atoms with Gasteiger partial charge in [-0.2, -0.15) is 5.26 Å². The first-order chi connectivity index (χ1) is 18.3. The molecule has 39 heavy (non-hydrogen) atoms. The number of carbonyl (C=O) groups excluding carboxylic acids is 2. The van der Waals surface area contributed by atoms with E-state index in [1.54, 1.807) is 39.2 Å². The summed E-state index contributed by atoms with van der Waals surface area (Å²) >= 11 is 0. The number of anilines is 1. The van der Waals surface area contributed by atoms with Gasteiger partial charge in [-0.15, -0.1) is 0 Å². The minimum absolute atomic E-state index is 0.0342. The minimum atomic E-state index is -3.18. The van der Waals surface area contributed by atoms with Gasteiger partial charge in [-0.1, -0.05) is 6.92 Å². The number of hydrogen-bond donors (Lipinski definition) is 1. The molecule has 9 nitrogen and oxygen atoms in total. The Hall–Kier alpha value is -3.55. The van der Waals surface area contributed by atoms with E-state index in [1.165, 1.54) is 0 Å². The molecule has 1 aliphatic carbocycles. The molecule has 11 heteroatoms. The SMILES string of the molecule is C[C@@H]1CN(c2ccc(C#N)c3nccnc23)CC12CC2NC(=O)CC1CCN(C(=O)OC(C)(C)C)CC1(F)F. The zero-order valence-corrected chi connectivity index (χ0v) is 22.7. The van der Waals surface area contributed by atoms with Gasteiger partial charge in [-0.05, 0) is 51.7 Å². The number of benzene rings is 1. The molecule has 208 valence electrons. The Balaban J connectivity index is 1.20. The number of fused-ring (bicyclic) bond motifs is 1. The maximum absolute atomic E-state index is 14.9. The Bertz CT molecular complexity index is 1340. The van der Waals surface area contributed by atoms with E-state index in [-0.39, 0.29) is 42.7 Å². The third kappa shape index (κ3) is 5.21. The highest BCUT2D eigenvalue weighted by Gasteiger charge is 2.62. The second kappa shape index (κ2) is 9.57. The number of nitrogens with zero attached hydrogens (tertiary/aromatic N) is 5. The fourth-order valence-corrected chi connectivity index (χ4v) is 6.09. The van der Waals surface area contributed by atoms with E-state index >= 15 is 0 Å². The average Bonchev–Trinajstić information content (AvgIpc) is 3.44. The van der Waals surface area contributed by atoms with Crippen molar-refractivity contribution in [3.63, 3.8) is 0 Å². The lowest BCUT2D eigenvalue weighted by Gasteiger charge is -2.38. The standard InChI is InChI=1S/C28H34F2N6O3/c1-17-14-36(20-6-5-18(13-31)23-24(20)33-9-8-32-23)15-27(17)12-21(27)34-22(37)11-19-7-10-35(16-28(19,29)30)25(38)39-26(2,3)4/h5-6,8-9,17,19,21H,7,10-12,14-16H2,1-4H3,(H,34,37)/t17-,19?,21?,27?/m1/s1. The van der Waals surface area contributed by atoms with Crippen LogP contribution in [0.3, 0.4) is 0 Å². The Morgan fingerprint density at radius 3 is 2.59 bits per heavy atom. The number of nitriles is 1. The predicted molar refractivity (Wildman–Crippen MR) is 140 cm³/mol. The number of aromatic nitrogens is 2. The van der Waals surface area contributed by atoms with Crippen LogP contribution in [0.4, 0.5) is 19.3 Å². The van der Waals surface area contributed by atoms with Gasteiger partial charge in [0.2, 0.25) is 5.91 Å². The van der Waals surface area contributed by atoms with Gasteiger partial charge in [0.15, 0.2) is 0 Å². The van der Waals surface area contributed by atoms with E-state index in [2.05, 4.69) is 33.2 Å². The molecule has 5 rings (SSSR count). The normalized spacial score (nSPS) is 27.9. The van der Waals surface area contributed by atoms with E-state index < -0.39 is 30.1 Å². The number of carbonyl (C=O) groups is 2. The van der Waals surface area contributed by atoms with Crippen LogP contribution >= 0.6 is 0 Å². The Morgan fingerprint density at radius 1 is 1.21 bits per heavy atom. The first-order valence-corrected chi connectivity index (χ1v) is 13.4. The molecule has 3 aliphatic rings. The third-order valence-electron chi connectivity index (χ3n) is 8.31. The number of nitrogens with one attached hydrogen (secondary N) is 1. The van der Waals surface area contributed by atoms with E-state index in [1.807, 2.05) is 6.07 Å². The smallest absolute Gasteiger partial charge is 0.410 e. The van der Waals surface area contributed by atoms with Crippen LogP contribution in [0.5, 0.6) is 0 Å². The second-order valence-corrected chi connectivity index (χ2v) is 12.2. The molecule has 2 saturated heterocycles. The molecule has 1 spiro atoms. The van der Waals surface area contributed by atoms with Crippen LogP contribution in [0.15, 0.2) is 24.5 Å². The van der Waals surface area contributed by atoms with Crippen molar-refractivity contribution in [3.05, 3.63) is 30.1 Å². The van der Waals surface area contributed by atoms with Crippen molar-refractivity contribution in [2.45, 2.75) is 64.5 Å². The summed E-state index contributed by atoms with van der Waals surface area (Å²) in [5, 5.41) is 12.5. The number of hydrogen-bond acceptors (Lipinski definition) is 7. The highest BCUT2D eigenvalue weighted by Crippen LogP contribution is 2.57. The molecule has 2 aliphatic heterocycles. The fourth-order valence-electron chi connectivity index (χ4n) is 6.09. The first kappa shape index (κ1) is 27.0. The maximum Gasteiger partial charge on any atom is 0.410 e. The van der Waals surface area contributed by atoms with E-state index in [0.717, 1.165) is 23.6 Å². The zero-order chi connectivity index (χ0) is 28.2. The molecular weight excluding hydrogens is 506 g/mol. The van der Waals surface area contributed by atoms with Gasteiger partial charge in [-0.3, -0.25) is 14.8 Å². The third-order valence-corrected chi connectivity index (χ3v) is 8.31. The quantitative estimate of drug-likeness (QED) is 0.621. The Morgan fingerprint density at radius 2 is 1.92 bits per heavy atom. The van der Waals surface area contributed by atoms with Crippen LogP contribution in [-0.2, 0) is 9.53 Å². The number of alkyl halides is 2. The minimum Gasteiger partial charge on any atom is -0.444 e. The molecule has 1 aromatic heterocycles. The average molecular weight is 541 g/mol. The first-order valence-electron chi connectivity index (χ1n) is 13.4. The molecule has 3 fully saturated rings. The topological polar surface area (TPSA) is 111 Å². The van der Waals surface area contributed by atoms with E-state index in [0.29, 0.717) is 23.1 Å². The summed E-state index contributed by atoms with van der Waals surface area (Å²) in [7, 11) is 0. The molecule has 1 saturated carbocycles. The number of halogens is 2. The molecular formula is C28H34F2N6O3. The molecule has 0 radical (unpaired) electrons. The summed E-state index contributed by atoms with van der Waals surface area (Å²) in [4.78, 5) is 37.2. The van der Waals surface area contributed by atoms with Crippen molar-refractivity contribution in [3.8, 4) is 6.07 Å². The van der Waals surface area contributed by atoms with Gasteiger partial charge < -0.3 is 19.9 Å². The highest BCUT2D eigenvalue weighted by molar-refractivity contribution is 5.92. The van der Waals surface area contributed by atoms with Gasteiger partial charge in [0.25, 0.3) is 5.92 Å². The summed E-state index contributed by atoms with van der Waals surface area (Å²) in [6.07, 6.45) is 2.95. The summed E-state index contributed by atoms with van der Waals surface area (Å²) < 4.78 is 35.1. The van der Waals surface area contributed by atoms with Gasteiger partial charge in [0.1, 0.15) is 22.7 Å². The Kier molecular flexibility index (Phi) is 6.64. The summed E-state index contributed by atoms with van der Waals surface area (Å²) in [6.45, 7) is 8.04.